The van der Waals surface area contributed by atoms with Crippen molar-refractivity contribution in [3.63, 3.8) is 0 Å². The molecule has 4 rings (SSSR count). The fourth-order valence-corrected chi connectivity index (χ4v) is 4.35. The van der Waals surface area contributed by atoms with Gasteiger partial charge in [0.1, 0.15) is 5.56 Å². The monoisotopic (exact) mass is 552 g/mol. The highest BCUT2D eigenvalue weighted by molar-refractivity contribution is 7.92. The van der Waals surface area contributed by atoms with Gasteiger partial charge in [-0.1, -0.05) is 29.8 Å². The molecule has 0 saturated heterocycles. The second kappa shape index (κ2) is 10.8. The minimum absolute atomic E-state index is 0.0666. The van der Waals surface area contributed by atoms with E-state index in [4.69, 9.17) is 11.6 Å². The number of aromatic hydroxyl groups is 1. The fraction of sp³-hybridized carbons (Fsp3) is 0.0800. The molecule has 0 bridgehead atoms. The number of anilines is 1. The number of benzene rings is 2. The Labute approximate surface area is 222 Å². The summed E-state index contributed by atoms with van der Waals surface area (Å²) in [7, 11) is -1.42. The Morgan fingerprint density at radius 1 is 0.974 bits per heavy atom. The van der Waals surface area contributed by atoms with Gasteiger partial charge >= 0.3 is 5.69 Å². The van der Waals surface area contributed by atoms with Crippen LogP contribution in [0.15, 0.2) is 80.3 Å². The molecule has 0 unspecified atom stereocenters. The molecule has 2 heterocycles. The van der Waals surface area contributed by atoms with E-state index < -0.39 is 27.2 Å². The minimum Gasteiger partial charge on any atom is -0.494 e. The molecule has 2 aromatic heterocycles. The van der Waals surface area contributed by atoms with Crippen LogP contribution >= 0.6 is 11.6 Å². The maximum atomic E-state index is 12.8. The number of hydrogen-bond donors (Lipinski definition) is 2. The van der Waals surface area contributed by atoms with Gasteiger partial charge in [0.2, 0.25) is 11.8 Å². The smallest absolute Gasteiger partial charge is 0.333 e. The molecule has 0 saturated carbocycles. The summed E-state index contributed by atoms with van der Waals surface area (Å²) in [5.74, 6) is -0.637. The number of aliphatic imine (C=N–C) groups is 1. The van der Waals surface area contributed by atoms with Gasteiger partial charge in [-0.2, -0.15) is 0 Å². The average Bonchev–Trinajstić information content (AvgIpc) is 2.91. The molecule has 0 aliphatic rings. The van der Waals surface area contributed by atoms with E-state index in [1.165, 1.54) is 44.6 Å². The Balaban J connectivity index is 1.50. The van der Waals surface area contributed by atoms with Crippen LogP contribution in [0, 0.1) is 0 Å². The molecule has 0 fully saturated rings. The quantitative estimate of drug-likeness (QED) is 0.335. The van der Waals surface area contributed by atoms with Crippen LogP contribution in [0.25, 0.3) is 12.2 Å². The van der Waals surface area contributed by atoms with Crippen molar-refractivity contribution in [1.82, 2.24) is 19.1 Å². The number of sulfonamides is 1. The zero-order valence-corrected chi connectivity index (χ0v) is 21.7. The highest BCUT2D eigenvalue weighted by atomic mass is 35.5. The molecule has 13 heteroatoms. The van der Waals surface area contributed by atoms with E-state index in [0.29, 0.717) is 16.4 Å². The van der Waals surface area contributed by atoms with Crippen LogP contribution in [0.5, 0.6) is 5.88 Å². The first-order valence-electron chi connectivity index (χ1n) is 11.0. The van der Waals surface area contributed by atoms with Gasteiger partial charge in [0, 0.05) is 31.5 Å². The van der Waals surface area contributed by atoms with Crippen molar-refractivity contribution in [2.75, 3.05) is 4.72 Å². The van der Waals surface area contributed by atoms with Gasteiger partial charge in [0.25, 0.3) is 15.6 Å². The van der Waals surface area contributed by atoms with Crippen molar-refractivity contribution < 1.29 is 13.5 Å². The summed E-state index contributed by atoms with van der Waals surface area (Å²) in [6, 6.07) is 14.3. The first-order valence-corrected chi connectivity index (χ1v) is 12.8. The van der Waals surface area contributed by atoms with Crippen LogP contribution < -0.4 is 16.0 Å². The van der Waals surface area contributed by atoms with Crippen molar-refractivity contribution in [3.8, 4) is 5.88 Å². The third-order valence-electron chi connectivity index (χ3n) is 5.38. The van der Waals surface area contributed by atoms with Crippen LogP contribution in [-0.4, -0.2) is 38.8 Å². The summed E-state index contributed by atoms with van der Waals surface area (Å²) in [6.07, 6.45) is 6.06. The lowest BCUT2D eigenvalue weighted by molar-refractivity contribution is 0.410. The molecule has 38 heavy (non-hydrogen) atoms. The molecule has 11 nitrogen and oxygen atoms in total. The molecular weight excluding hydrogens is 532 g/mol. The van der Waals surface area contributed by atoms with Gasteiger partial charge < -0.3 is 5.11 Å². The summed E-state index contributed by atoms with van der Waals surface area (Å²) in [6.45, 7) is 0. The molecule has 0 atom stereocenters. The zero-order chi connectivity index (χ0) is 27.4. The molecule has 0 aliphatic heterocycles. The number of nitrogens with one attached hydrogen (secondary N) is 1. The Morgan fingerprint density at radius 3 is 2.34 bits per heavy atom. The normalized spacial score (nSPS) is 11.9. The van der Waals surface area contributed by atoms with Gasteiger partial charge in [-0.05, 0) is 54.1 Å². The predicted molar refractivity (Wildman–Crippen MR) is 146 cm³/mol. The summed E-state index contributed by atoms with van der Waals surface area (Å²) >= 11 is 5.89. The van der Waals surface area contributed by atoms with Gasteiger partial charge in [0.15, 0.2) is 0 Å². The molecule has 2 N–H and O–H groups in total. The first kappa shape index (κ1) is 26.5. The van der Waals surface area contributed by atoms with Crippen LogP contribution in [0.2, 0.25) is 5.02 Å². The molecule has 0 aliphatic carbocycles. The third-order valence-corrected chi connectivity index (χ3v) is 6.97. The van der Waals surface area contributed by atoms with E-state index in [9.17, 15) is 23.1 Å². The van der Waals surface area contributed by atoms with Crippen LogP contribution in [0.4, 0.5) is 11.6 Å². The topological polar surface area (TPSA) is 149 Å². The van der Waals surface area contributed by atoms with E-state index in [2.05, 4.69) is 19.7 Å². The summed E-state index contributed by atoms with van der Waals surface area (Å²) in [4.78, 5) is 36.4. The van der Waals surface area contributed by atoms with Crippen molar-refractivity contribution in [1.29, 1.82) is 0 Å². The Kier molecular flexibility index (Phi) is 7.55. The Morgan fingerprint density at radius 2 is 1.66 bits per heavy atom. The number of aromatic nitrogens is 4. The van der Waals surface area contributed by atoms with Crippen LogP contribution in [0.3, 0.4) is 0 Å². The molecule has 194 valence electrons. The maximum Gasteiger partial charge on any atom is 0.333 e. The largest absolute Gasteiger partial charge is 0.494 e. The van der Waals surface area contributed by atoms with Gasteiger partial charge in [-0.15, -0.1) is 0 Å². The molecule has 0 spiro atoms. The molecule has 4 aromatic rings. The van der Waals surface area contributed by atoms with Crippen molar-refractivity contribution in [3.05, 3.63) is 103 Å². The van der Waals surface area contributed by atoms with E-state index >= 15 is 0 Å². The fourth-order valence-electron chi connectivity index (χ4n) is 3.27. The first-order chi connectivity index (χ1) is 18.0. The summed E-state index contributed by atoms with van der Waals surface area (Å²) in [5.41, 5.74) is 0.108. The minimum atomic E-state index is -4.01. The van der Waals surface area contributed by atoms with Gasteiger partial charge in [-0.3, -0.25) is 18.9 Å². The van der Waals surface area contributed by atoms with E-state index in [1.54, 1.807) is 30.4 Å². The lowest BCUT2D eigenvalue weighted by atomic mass is 10.2. The number of halogens is 1. The Hall–Kier alpha value is -4.55. The second-order valence-corrected chi connectivity index (χ2v) is 10.1. The van der Waals surface area contributed by atoms with Gasteiger partial charge in [0.05, 0.1) is 16.3 Å². The lowest BCUT2D eigenvalue weighted by Gasteiger charge is -2.08. The summed E-state index contributed by atoms with van der Waals surface area (Å²) in [5, 5.41) is 10.7. The standard InChI is InChI=1S/C25H21ClN6O5S/c1-31-22(33)21(23(34)32(2)25(31)35)15-28-18-9-11-20(12-10-18)38(36,37)30-24-27-14-13-19(29-24)8-5-16-3-6-17(26)7-4-16/h3-15,33H,1-2H3,(H,27,29,30). The third kappa shape index (κ3) is 5.88. The highest BCUT2D eigenvalue weighted by Crippen LogP contribution is 2.19. The molecule has 0 amide bonds. The Bertz CT molecular complexity index is 1780. The molecule has 0 radical (unpaired) electrons. The molecule has 2 aromatic carbocycles. The number of nitrogens with zero attached hydrogens (tertiary/aromatic N) is 5. The van der Waals surface area contributed by atoms with E-state index in [1.807, 2.05) is 12.1 Å². The second-order valence-electron chi connectivity index (χ2n) is 7.99. The van der Waals surface area contributed by atoms with E-state index in [-0.39, 0.29) is 16.4 Å². The van der Waals surface area contributed by atoms with Crippen molar-refractivity contribution in [2.24, 2.45) is 19.1 Å². The summed E-state index contributed by atoms with van der Waals surface area (Å²) < 4.78 is 29.8. The highest BCUT2D eigenvalue weighted by Gasteiger charge is 2.16. The lowest BCUT2D eigenvalue weighted by Crippen LogP contribution is -2.38. The number of hydrogen-bond acceptors (Lipinski definition) is 8. The maximum absolute atomic E-state index is 12.8. The van der Waals surface area contributed by atoms with E-state index in [0.717, 1.165) is 20.9 Å². The van der Waals surface area contributed by atoms with Crippen LogP contribution in [-0.2, 0) is 24.1 Å². The van der Waals surface area contributed by atoms with Gasteiger partial charge in [-0.25, -0.2) is 27.9 Å². The zero-order valence-electron chi connectivity index (χ0n) is 20.1. The van der Waals surface area contributed by atoms with Crippen molar-refractivity contribution in [2.45, 2.75) is 4.90 Å². The predicted octanol–water partition coefficient (Wildman–Crippen LogP) is 2.95. The van der Waals surface area contributed by atoms with Crippen molar-refractivity contribution >= 4 is 51.6 Å². The van der Waals surface area contributed by atoms with Crippen LogP contribution in [0.1, 0.15) is 16.8 Å². The SMILES string of the molecule is Cn1c(O)c(C=Nc2ccc(S(=O)(=O)Nc3nccc(C=Cc4ccc(Cl)cc4)n3)cc2)c(=O)n(C)c1=O. The average molecular weight is 553 g/mol. The number of rotatable bonds is 7. The molecular formula is C25H21ClN6O5S.